The second kappa shape index (κ2) is 6.00. The molecule has 4 nitrogen and oxygen atoms in total. The van der Waals surface area contributed by atoms with E-state index < -0.39 is 18.2 Å². The van der Waals surface area contributed by atoms with Gasteiger partial charge in [-0.25, -0.2) is 9.18 Å². The first-order valence-corrected chi connectivity index (χ1v) is 5.15. The monoisotopic (exact) mass is 238 g/mol. The third-order valence-corrected chi connectivity index (χ3v) is 2.27. The van der Waals surface area contributed by atoms with Crippen LogP contribution in [0.2, 0.25) is 0 Å². The third-order valence-electron chi connectivity index (χ3n) is 2.27. The molecule has 0 aliphatic carbocycles. The fraction of sp³-hybridized carbons (Fsp3) is 0.250. The van der Waals surface area contributed by atoms with E-state index in [4.69, 9.17) is 10.8 Å². The minimum atomic E-state index is -1.76. The number of benzene rings is 1. The Kier molecular flexibility index (Phi) is 4.66. The molecule has 0 heterocycles. The zero-order valence-electron chi connectivity index (χ0n) is 9.27. The predicted molar refractivity (Wildman–Crippen MR) is 64.6 cm³/mol. The number of aliphatic carboxylic acids is 1. The molecule has 0 saturated heterocycles. The van der Waals surface area contributed by atoms with Gasteiger partial charge in [0.25, 0.3) is 0 Å². The number of rotatable bonds is 6. The van der Waals surface area contributed by atoms with Gasteiger partial charge in [0, 0.05) is 12.2 Å². The average Bonchev–Trinajstić information content (AvgIpc) is 2.35. The number of anilines is 1. The van der Waals surface area contributed by atoms with Crippen LogP contribution in [0, 0.1) is 0 Å². The molecule has 1 aromatic carbocycles. The topological polar surface area (TPSA) is 75.3 Å². The zero-order valence-corrected chi connectivity index (χ0v) is 9.27. The van der Waals surface area contributed by atoms with Crippen LogP contribution in [0.3, 0.4) is 0 Å². The molecule has 0 bridgehead atoms. The summed E-state index contributed by atoms with van der Waals surface area (Å²) >= 11 is 0. The minimum absolute atomic E-state index is 0.158. The number of carbonyl (C=O) groups is 1. The fourth-order valence-electron chi connectivity index (χ4n) is 1.35. The van der Waals surface area contributed by atoms with E-state index in [9.17, 15) is 9.18 Å². The summed E-state index contributed by atoms with van der Waals surface area (Å²) in [7, 11) is 0. The number of nitrogens with one attached hydrogen (secondary N) is 1. The Morgan fingerprint density at radius 2 is 2.12 bits per heavy atom. The lowest BCUT2D eigenvalue weighted by atomic mass is 10.00. The van der Waals surface area contributed by atoms with Crippen molar-refractivity contribution in [1.82, 2.24) is 0 Å². The van der Waals surface area contributed by atoms with Crippen LogP contribution in [0.5, 0.6) is 0 Å². The van der Waals surface area contributed by atoms with Gasteiger partial charge < -0.3 is 16.2 Å². The predicted octanol–water partition coefficient (Wildman–Crippen LogP) is 1.41. The van der Waals surface area contributed by atoms with Gasteiger partial charge >= 0.3 is 5.97 Å². The van der Waals surface area contributed by atoms with Crippen LogP contribution in [0.25, 0.3) is 0 Å². The zero-order chi connectivity index (χ0) is 12.7. The first-order chi connectivity index (χ1) is 8.14. The molecule has 0 fully saturated rings. The Morgan fingerprint density at radius 3 is 2.59 bits per heavy atom. The number of alkyl halides is 1. The molecule has 1 atom stereocenters. The summed E-state index contributed by atoms with van der Waals surface area (Å²) < 4.78 is 13.0. The van der Waals surface area contributed by atoms with Crippen molar-refractivity contribution in [2.45, 2.75) is 5.54 Å². The second-order valence-electron chi connectivity index (χ2n) is 3.54. The summed E-state index contributed by atoms with van der Waals surface area (Å²) in [5, 5.41) is 11.8. The molecule has 0 saturated carbocycles. The maximum absolute atomic E-state index is 13.0. The Morgan fingerprint density at radius 1 is 1.47 bits per heavy atom. The maximum atomic E-state index is 13.0. The lowest BCUT2D eigenvalue weighted by Gasteiger charge is -2.25. The summed E-state index contributed by atoms with van der Waals surface area (Å²) in [4.78, 5) is 11.2. The van der Waals surface area contributed by atoms with Gasteiger partial charge in [-0.2, -0.15) is 0 Å². The largest absolute Gasteiger partial charge is 0.479 e. The van der Waals surface area contributed by atoms with Crippen molar-refractivity contribution in [3.8, 4) is 0 Å². The SMILES string of the molecule is NC/C=C/C(CF)(Nc1ccccc1)C(=O)O. The molecular weight excluding hydrogens is 223 g/mol. The molecule has 0 spiro atoms. The number of halogens is 1. The number of para-hydroxylation sites is 1. The van der Waals surface area contributed by atoms with Crippen molar-refractivity contribution in [3.05, 3.63) is 42.5 Å². The number of hydrogen-bond acceptors (Lipinski definition) is 3. The van der Waals surface area contributed by atoms with Gasteiger partial charge in [0.1, 0.15) is 6.67 Å². The normalized spacial score (nSPS) is 14.5. The summed E-state index contributed by atoms with van der Waals surface area (Å²) in [6, 6.07) is 8.60. The lowest BCUT2D eigenvalue weighted by molar-refractivity contribution is -0.141. The maximum Gasteiger partial charge on any atom is 0.336 e. The van der Waals surface area contributed by atoms with E-state index in [0.29, 0.717) is 5.69 Å². The summed E-state index contributed by atoms with van der Waals surface area (Å²) in [6.07, 6.45) is 2.66. The van der Waals surface area contributed by atoms with E-state index in [2.05, 4.69) is 5.32 Å². The van der Waals surface area contributed by atoms with Crippen molar-refractivity contribution in [2.24, 2.45) is 5.73 Å². The molecule has 5 heteroatoms. The van der Waals surface area contributed by atoms with Crippen LogP contribution in [0.4, 0.5) is 10.1 Å². The lowest BCUT2D eigenvalue weighted by Crippen LogP contribution is -2.47. The molecule has 0 aliphatic heterocycles. The molecule has 4 N–H and O–H groups in total. The van der Waals surface area contributed by atoms with Crippen LogP contribution in [0.15, 0.2) is 42.5 Å². The quantitative estimate of drug-likeness (QED) is 0.655. The third kappa shape index (κ3) is 3.29. The van der Waals surface area contributed by atoms with Crippen LogP contribution >= 0.6 is 0 Å². The highest BCUT2D eigenvalue weighted by Crippen LogP contribution is 2.18. The molecule has 1 rings (SSSR count). The van der Waals surface area contributed by atoms with Crippen molar-refractivity contribution >= 4 is 11.7 Å². The fourth-order valence-corrected chi connectivity index (χ4v) is 1.35. The highest BCUT2D eigenvalue weighted by Gasteiger charge is 2.36. The van der Waals surface area contributed by atoms with Crippen molar-refractivity contribution in [3.63, 3.8) is 0 Å². The van der Waals surface area contributed by atoms with Gasteiger partial charge in [0.15, 0.2) is 5.54 Å². The molecule has 0 aliphatic rings. The highest BCUT2D eigenvalue weighted by atomic mass is 19.1. The van der Waals surface area contributed by atoms with Crippen LogP contribution in [-0.2, 0) is 4.79 Å². The van der Waals surface area contributed by atoms with Crippen molar-refractivity contribution < 1.29 is 14.3 Å². The molecule has 1 aromatic rings. The second-order valence-corrected chi connectivity index (χ2v) is 3.54. The smallest absolute Gasteiger partial charge is 0.336 e. The van der Waals surface area contributed by atoms with Gasteiger partial charge in [-0.05, 0) is 18.2 Å². The molecule has 17 heavy (non-hydrogen) atoms. The number of hydrogen-bond donors (Lipinski definition) is 3. The Bertz CT molecular complexity index is 395. The van der Waals surface area contributed by atoms with Crippen LogP contribution in [-0.4, -0.2) is 29.8 Å². The van der Waals surface area contributed by atoms with Gasteiger partial charge in [-0.15, -0.1) is 0 Å². The van der Waals surface area contributed by atoms with Crippen molar-refractivity contribution in [2.75, 3.05) is 18.5 Å². The van der Waals surface area contributed by atoms with Crippen LogP contribution in [0.1, 0.15) is 0 Å². The van der Waals surface area contributed by atoms with E-state index >= 15 is 0 Å². The Hall–Kier alpha value is -1.88. The summed E-state index contributed by atoms with van der Waals surface area (Å²) in [5.74, 6) is -1.28. The van der Waals surface area contributed by atoms with Gasteiger partial charge in [-0.3, -0.25) is 0 Å². The molecule has 0 radical (unpaired) electrons. The number of carboxylic acid groups (broad SMARTS) is 1. The number of carboxylic acids is 1. The Balaban J connectivity index is 2.98. The molecule has 1 unspecified atom stereocenters. The molecular formula is C12H15FN2O2. The van der Waals surface area contributed by atoms with Crippen molar-refractivity contribution in [1.29, 1.82) is 0 Å². The van der Waals surface area contributed by atoms with E-state index in [1.54, 1.807) is 30.3 Å². The van der Waals surface area contributed by atoms with Gasteiger partial charge in [-0.1, -0.05) is 24.3 Å². The molecule has 92 valence electrons. The first kappa shape index (κ1) is 13.2. The highest BCUT2D eigenvalue weighted by molar-refractivity contribution is 5.85. The van der Waals surface area contributed by atoms with E-state index in [1.807, 2.05) is 0 Å². The molecule has 0 aromatic heterocycles. The summed E-state index contributed by atoms with van der Waals surface area (Å²) in [5.41, 5.74) is 4.03. The van der Waals surface area contributed by atoms with Gasteiger partial charge in [0.05, 0.1) is 0 Å². The standard InChI is InChI=1S/C12H15FN2O2/c13-9-12(11(16)17,7-4-8-14)15-10-5-2-1-3-6-10/h1-7,15H,8-9,14H2,(H,16,17)/b7-4+. The Labute approximate surface area is 98.9 Å². The molecule has 0 amide bonds. The van der Waals surface area contributed by atoms with Crippen LogP contribution < -0.4 is 11.1 Å². The number of nitrogens with two attached hydrogens (primary N) is 1. The minimum Gasteiger partial charge on any atom is -0.479 e. The van der Waals surface area contributed by atoms with E-state index in [0.717, 1.165) is 0 Å². The summed E-state index contributed by atoms with van der Waals surface area (Å²) in [6.45, 7) is -0.904. The average molecular weight is 238 g/mol. The van der Waals surface area contributed by atoms with Gasteiger partial charge in [0.2, 0.25) is 0 Å². The van der Waals surface area contributed by atoms with E-state index in [1.165, 1.54) is 12.2 Å². The first-order valence-electron chi connectivity index (χ1n) is 5.15. The van der Waals surface area contributed by atoms with E-state index in [-0.39, 0.29) is 6.54 Å².